The van der Waals surface area contributed by atoms with E-state index in [0.717, 1.165) is 11.1 Å². The van der Waals surface area contributed by atoms with Crippen molar-refractivity contribution < 1.29 is 24.2 Å². The summed E-state index contributed by atoms with van der Waals surface area (Å²) < 4.78 is 10.7. The maximum Gasteiger partial charge on any atom is 0.407 e. The smallest absolute Gasteiger partial charge is 0.407 e. The number of hydrogen-bond acceptors (Lipinski definition) is 5. The van der Waals surface area contributed by atoms with Gasteiger partial charge in [0.1, 0.15) is 17.0 Å². The first-order chi connectivity index (χ1) is 11.7. The predicted molar refractivity (Wildman–Crippen MR) is 100 cm³/mol. The van der Waals surface area contributed by atoms with E-state index in [9.17, 15) is 14.7 Å². The molecule has 6 nitrogen and oxygen atoms in total. The van der Waals surface area contributed by atoms with Crippen LogP contribution in [0.5, 0.6) is 5.75 Å². The molecule has 0 aliphatic rings. The third-order valence-electron chi connectivity index (χ3n) is 3.35. The lowest BCUT2D eigenvalue weighted by atomic mass is 9.99. The number of aromatic hydroxyl groups is 1. The molecule has 0 aliphatic heterocycles. The first kappa shape index (κ1) is 21.8. The Hall–Kier alpha value is -2.24. The predicted octanol–water partition coefficient (Wildman–Crippen LogP) is 3.87. The lowest BCUT2D eigenvalue weighted by Gasteiger charge is -2.25. The highest BCUT2D eigenvalue weighted by Gasteiger charge is 2.25. The Morgan fingerprint density at radius 2 is 1.65 bits per heavy atom. The van der Waals surface area contributed by atoms with Gasteiger partial charge in [-0.05, 0) is 78.1 Å². The van der Waals surface area contributed by atoms with Crippen molar-refractivity contribution in [1.29, 1.82) is 0 Å². The SMILES string of the molecule is Cc1ccc(O)cc1C[C@@H](CC(=O)OC(C)(C)C)NC(=O)OC(C)(C)C. The van der Waals surface area contributed by atoms with E-state index in [-0.39, 0.29) is 12.2 Å². The molecule has 0 fully saturated rings. The fraction of sp³-hybridized carbons (Fsp3) is 0.600. The van der Waals surface area contributed by atoms with Gasteiger partial charge < -0.3 is 19.9 Å². The van der Waals surface area contributed by atoms with Crippen LogP contribution < -0.4 is 5.32 Å². The Balaban J connectivity index is 2.91. The lowest BCUT2D eigenvalue weighted by molar-refractivity contribution is -0.155. The maximum absolute atomic E-state index is 12.2. The molecule has 0 aliphatic carbocycles. The van der Waals surface area contributed by atoms with Gasteiger partial charge in [-0.2, -0.15) is 0 Å². The van der Waals surface area contributed by atoms with Crippen LogP contribution in [0.15, 0.2) is 18.2 Å². The molecule has 1 amide bonds. The zero-order valence-corrected chi connectivity index (χ0v) is 16.8. The number of phenols is 1. The molecule has 0 heterocycles. The number of amides is 1. The van der Waals surface area contributed by atoms with Gasteiger partial charge in [-0.15, -0.1) is 0 Å². The summed E-state index contributed by atoms with van der Waals surface area (Å²) in [5.41, 5.74) is 0.563. The van der Waals surface area contributed by atoms with Gasteiger partial charge >= 0.3 is 12.1 Å². The molecule has 0 spiro atoms. The summed E-state index contributed by atoms with van der Waals surface area (Å²) >= 11 is 0. The highest BCUT2D eigenvalue weighted by atomic mass is 16.6. The molecule has 0 bridgehead atoms. The van der Waals surface area contributed by atoms with Gasteiger partial charge in [-0.3, -0.25) is 4.79 Å². The zero-order valence-electron chi connectivity index (χ0n) is 16.8. The molecule has 0 saturated heterocycles. The highest BCUT2D eigenvalue weighted by Crippen LogP contribution is 2.19. The second-order valence-electron chi connectivity index (χ2n) is 8.45. The van der Waals surface area contributed by atoms with Gasteiger partial charge in [0.2, 0.25) is 0 Å². The van der Waals surface area contributed by atoms with Gasteiger partial charge in [0.15, 0.2) is 0 Å². The number of alkyl carbamates (subject to hydrolysis) is 1. The Labute approximate surface area is 155 Å². The molecule has 1 atom stereocenters. The van der Waals surface area contributed by atoms with Crippen LogP contribution in [0.3, 0.4) is 0 Å². The van der Waals surface area contributed by atoms with Crippen LogP contribution in [0, 0.1) is 6.92 Å². The number of rotatable bonds is 5. The van der Waals surface area contributed by atoms with Crippen LogP contribution in [-0.4, -0.2) is 34.4 Å². The fourth-order valence-corrected chi connectivity index (χ4v) is 2.38. The van der Waals surface area contributed by atoms with Crippen molar-refractivity contribution in [1.82, 2.24) is 5.32 Å². The largest absolute Gasteiger partial charge is 0.508 e. The molecule has 0 saturated carbocycles. The molecule has 0 radical (unpaired) electrons. The van der Waals surface area contributed by atoms with Crippen LogP contribution in [0.1, 0.15) is 59.1 Å². The molecule has 2 N–H and O–H groups in total. The topological polar surface area (TPSA) is 84.9 Å². The summed E-state index contributed by atoms with van der Waals surface area (Å²) in [6, 6.07) is 4.51. The van der Waals surface area contributed by atoms with E-state index in [1.54, 1.807) is 59.7 Å². The average Bonchev–Trinajstić information content (AvgIpc) is 2.38. The van der Waals surface area contributed by atoms with Crippen LogP contribution in [0.2, 0.25) is 0 Å². The summed E-state index contributed by atoms with van der Waals surface area (Å²) in [7, 11) is 0. The quantitative estimate of drug-likeness (QED) is 0.774. The second-order valence-corrected chi connectivity index (χ2v) is 8.45. The van der Waals surface area contributed by atoms with Crippen molar-refractivity contribution in [2.45, 2.75) is 78.6 Å². The minimum absolute atomic E-state index is 0.00556. The Bertz CT molecular complexity index is 611. The molecule has 1 aromatic rings. The average molecular weight is 365 g/mol. The molecule has 6 heteroatoms. The summed E-state index contributed by atoms with van der Waals surface area (Å²) in [5, 5.41) is 12.5. The number of carbonyl (C=O) groups is 2. The summed E-state index contributed by atoms with van der Waals surface area (Å²) in [4.78, 5) is 24.4. The van der Waals surface area contributed by atoms with E-state index in [1.807, 2.05) is 6.92 Å². The third-order valence-corrected chi connectivity index (χ3v) is 3.35. The van der Waals surface area contributed by atoms with E-state index in [2.05, 4.69) is 5.32 Å². The molecule has 146 valence electrons. The number of nitrogens with one attached hydrogen (secondary N) is 1. The second kappa shape index (κ2) is 8.43. The van der Waals surface area contributed by atoms with Crippen LogP contribution in [-0.2, 0) is 20.7 Å². The lowest BCUT2D eigenvalue weighted by Crippen LogP contribution is -2.42. The molecule has 0 unspecified atom stereocenters. The normalized spacial score (nSPS) is 13.0. The minimum atomic E-state index is -0.637. The Morgan fingerprint density at radius 1 is 1.08 bits per heavy atom. The monoisotopic (exact) mass is 365 g/mol. The van der Waals surface area contributed by atoms with E-state index in [4.69, 9.17) is 9.47 Å². The molecule has 1 aromatic carbocycles. The third kappa shape index (κ3) is 8.74. The summed E-state index contributed by atoms with van der Waals surface area (Å²) in [5.74, 6) is -0.268. The van der Waals surface area contributed by atoms with E-state index >= 15 is 0 Å². The van der Waals surface area contributed by atoms with Gasteiger partial charge in [0.05, 0.1) is 6.42 Å². The number of aryl methyl sites for hydroxylation is 1. The number of esters is 1. The van der Waals surface area contributed by atoms with Gasteiger partial charge in [0.25, 0.3) is 0 Å². The van der Waals surface area contributed by atoms with Crippen molar-refractivity contribution >= 4 is 12.1 Å². The summed E-state index contributed by atoms with van der Waals surface area (Å²) in [6.07, 6.45) is -0.214. The fourth-order valence-electron chi connectivity index (χ4n) is 2.38. The highest BCUT2D eigenvalue weighted by molar-refractivity contribution is 5.73. The Morgan fingerprint density at radius 3 is 2.19 bits per heavy atom. The molecule has 1 rings (SSSR count). The summed E-state index contributed by atoms with van der Waals surface area (Å²) in [6.45, 7) is 12.6. The maximum atomic E-state index is 12.2. The number of ether oxygens (including phenoxy) is 2. The van der Waals surface area contributed by atoms with Crippen molar-refractivity contribution in [3.63, 3.8) is 0 Å². The van der Waals surface area contributed by atoms with E-state index < -0.39 is 29.3 Å². The van der Waals surface area contributed by atoms with Crippen molar-refractivity contribution in [2.24, 2.45) is 0 Å². The first-order valence-electron chi connectivity index (χ1n) is 8.75. The van der Waals surface area contributed by atoms with Crippen LogP contribution in [0.4, 0.5) is 4.79 Å². The zero-order chi connectivity index (χ0) is 20.1. The van der Waals surface area contributed by atoms with E-state index in [0.29, 0.717) is 6.42 Å². The van der Waals surface area contributed by atoms with E-state index in [1.165, 1.54) is 0 Å². The molecular formula is C20H31NO5. The Kier molecular flexibility index (Phi) is 7.07. The number of hydrogen-bond donors (Lipinski definition) is 2. The molecule has 0 aromatic heterocycles. The van der Waals surface area contributed by atoms with Crippen molar-refractivity contribution in [2.75, 3.05) is 0 Å². The number of benzene rings is 1. The molecular weight excluding hydrogens is 334 g/mol. The van der Waals surface area contributed by atoms with Gasteiger partial charge in [-0.25, -0.2) is 4.79 Å². The minimum Gasteiger partial charge on any atom is -0.508 e. The van der Waals surface area contributed by atoms with Crippen molar-refractivity contribution in [3.8, 4) is 5.75 Å². The van der Waals surface area contributed by atoms with Gasteiger partial charge in [-0.1, -0.05) is 6.07 Å². The molecule has 26 heavy (non-hydrogen) atoms. The van der Waals surface area contributed by atoms with Crippen LogP contribution in [0.25, 0.3) is 0 Å². The number of carbonyl (C=O) groups excluding carboxylic acids is 2. The first-order valence-corrected chi connectivity index (χ1v) is 8.75. The van der Waals surface area contributed by atoms with Crippen LogP contribution >= 0.6 is 0 Å². The van der Waals surface area contributed by atoms with Gasteiger partial charge in [0, 0.05) is 6.04 Å². The van der Waals surface area contributed by atoms with Crippen molar-refractivity contribution in [3.05, 3.63) is 29.3 Å². The standard InChI is InChI=1S/C20H31NO5/c1-13-8-9-16(22)11-14(13)10-15(12-17(23)25-19(2,3)4)21-18(24)26-20(5,6)7/h8-9,11,15,22H,10,12H2,1-7H3,(H,21,24)/t15-/m0/s1. The number of phenolic OH excluding ortho intramolecular Hbond substituents is 1.